The first-order valence-electron chi connectivity index (χ1n) is 8.20. The number of aliphatic hydroxyl groups excluding tert-OH is 1. The topological polar surface area (TPSA) is 95.9 Å². The second-order valence-electron chi connectivity index (χ2n) is 5.77. The zero-order valence-corrected chi connectivity index (χ0v) is 15.7. The number of aliphatic hydroxyl groups is 1. The maximum atomic E-state index is 12.9. The molecule has 0 bridgehead atoms. The standard InChI is InChI=1S/C19H22N2O5S/c1-3-17(13-22)21(27(24,25)18-11-9-15(2)10-12-18)20-19(23)26-14-16-7-5-4-6-8-16/h3-12,17,22H,1,13-14H2,2H3,(H,20,23)/t17-/m0/s1. The van der Waals surface area contributed by atoms with Gasteiger partial charge in [-0.1, -0.05) is 58.5 Å². The van der Waals surface area contributed by atoms with E-state index in [0.717, 1.165) is 11.1 Å². The number of sulfonamides is 1. The Kier molecular flexibility index (Phi) is 7.12. The first kappa shape index (κ1) is 20.6. The van der Waals surface area contributed by atoms with Crippen molar-refractivity contribution in [3.05, 3.63) is 78.4 Å². The van der Waals surface area contributed by atoms with Crippen molar-refractivity contribution in [1.82, 2.24) is 9.84 Å². The highest BCUT2D eigenvalue weighted by Crippen LogP contribution is 2.18. The molecule has 0 fully saturated rings. The number of hydrogen-bond acceptors (Lipinski definition) is 5. The summed E-state index contributed by atoms with van der Waals surface area (Å²) < 4.78 is 31.5. The van der Waals surface area contributed by atoms with Gasteiger partial charge in [-0.05, 0) is 24.6 Å². The van der Waals surface area contributed by atoms with Crippen molar-refractivity contribution in [1.29, 1.82) is 0 Å². The van der Waals surface area contributed by atoms with Gasteiger partial charge < -0.3 is 9.84 Å². The van der Waals surface area contributed by atoms with Gasteiger partial charge in [-0.2, -0.15) is 0 Å². The number of benzene rings is 2. The fourth-order valence-corrected chi connectivity index (χ4v) is 3.65. The zero-order chi connectivity index (χ0) is 19.9. The summed E-state index contributed by atoms with van der Waals surface area (Å²) in [6.45, 7) is 4.76. The summed E-state index contributed by atoms with van der Waals surface area (Å²) in [6.07, 6.45) is 0.262. The maximum Gasteiger partial charge on any atom is 0.423 e. The average molecular weight is 390 g/mol. The minimum atomic E-state index is -4.13. The van der Waals surface area contributed by atoms with Gasteiger partial charge in [-0.3, -0.25) is 0 Å². The number of hydrazine groups is 1. The molecule has 144 valence electrons. The van der Waals surface area contributed by atoms with E-state index in [9.17, 15) is 18.3 Å². The Morgan fingerprint density at radius 1 is 1.22 bits per heavy atom. The first-order valence-corrected chi connectivity index (χ1v) is 9.64. The number of nitrogens with zero attached hydrogens (tertiary/aromatic N) is 1. The number of ether oxygens (including phenoxy) is 1. The second-order valence-corrected chi connectivity index (χ2v) is 7.59. The summed E-state index contributed by atoms with van der Waals surface area (Å²) in [6, 6.07) is 14.0. The Morgan fingerprint density at radius 3 is 2.41 bits per heavy atom. The normalized spacial score (nSPS) is 12.4. The van der Waals surface area contributed by atoms with E-state index in [0.29, 0.717) is 4.41 Å². The number of amides is 1. The van der Waals surface area contributed by atoms with Gasteiger partial charge in [0, 0.05) is 0 Å². The largest absolute Gasteiger partial charge is 0.444 e. The first-order chi connectivity index (χ1) is 12.9. The van der Waals surface area contributed by atoms with Crippen LogP contribution in [0.5, 0.6) is 0 Å². The van der Waals surface area contributed by atoms with E-state index in [4.69, 9.17) is 4.74 Å². The average Bonchev–Trinajstić information content (AvgIpc) is 2.67. The lowest BCUT2D eigenvalue weighted by Gasteiger charge is -2.27. The molecule has 2 aromatic rings. The molecule has 0 unspecified atom stereocenters. The number of aryl methyl sites for hydroxylation is 1. The van der Waals surface area contributed by atoms with Crippen LogP contribution < -0.4 is 5.43 Å². The van der Waals surface area contributed by atoms with Crippen LogP contribution in [-0.4, -0.2) is 36.7 Å². The van der Waals surface area contributed by atoms with Crippen LogP contribution in [0.15, 0.2) is 72.1 Å². The minimum absolute atomic E-state index is 0.0248. The Bertz CT molecular complexity index is 867. The lowest BCUT2D eigenvalue weighted by atomic mass is 10.2. The van der Waals surface area contributed by atoms with Crippen molar-refractivity contribution < 1.29 is 23.1 Å². The quantitative estimate of drug-likeness (QED) is 0.533. The highest BCUT2D eigenvalue weighted by Gasteiger charge is 2.32. The third-order valence-corrected chi connectivity index (χ3v) is 5.50. The molecule has 2 rings (SSSR count). The van der Waals surface area contributed by atoms with E-state index in [-0.39, 0.29) is 11.5 Å². The summed E-state index contributed by atoms with van der Waals surface area (Å²) in [7, 11) is -4.13. The van der Waals surface area contributed by atoms with Gasteiger partial charge in [0.25, 0.3) is 10.0 Å². The maximum absolute atomic E-state index is 12.9. The molecule has 2 N–H and O–H groups in total. The second kappa shape index (κ2) is 9.31. The van der Waals surface area contributed by atoms with Crippen LogP contribution in [-0.2, 0) is 21.4 Å². The molecule has 0 radical (unpaired) electrons. The zero-order valence-electron chi connectivity index (χ0n) is 14.9. The van der Waals surface area contributed by atoms with Gasteiger partial charge in [0.1, 0.15) is 6.61 Å². The Labute approximate surface area is 158 Å². The molecule has 0 saturated heterocycles. The lowest BCUT2D eigenvalue weighted by Crippen LogP contribution is -2.52. The molecule has 0 aliphatic heterocycles. The number of carbonyl (C=O) groups excluding carboxylic acids is 1. The third-order valence-electron chi connectivity index (χ3n) is 3.75. The van der Waals surface area contributed by atoms with Crippen LogP contribution in [0.25, 0.3) is 0 Å². The number of nitrogens with one attached hydrogen (secondary N) is 1. The summed E-state index contributed by atoms with van der Waals surface area (Å²) in [5.74, 6) is 0. The Hall–Kier alpha value is -2.68. The van der Waals surface area contributed by atoms with Crippen LogP contribution in [0.2, 0.25) is 0 Å². The summed E-state index contributed by atoms with van der Waals surface area (Å²) in [4.78, 5) is 12.1. The van der Waals surface area contributed by atoms with Gasteiger partial charge in [-0.25, -0.2) is 18.6 Å². The van der Waals surface area contributed by atoms with E-state index < -0.39 is 28.8 Å². The van der Waals surface area contributed by atoms with Crippen LogP contribution in [0.1, 0.15) is 11.1 Å². The van der Waals surface area contributed by atoms with Crippen LogP contribution in [0.3, 0.4) is 0 Å². The molecule has 0 heterocycles. The monoisotopic (exact) mass is 390 g/mol. The van der Waals surface area contributed by atoms with E-state index in [1.807, 2.05) is 13.0 Å². The van der Waals surface area contributed by atoms with Gasteiger partial charge in [-0.15, -0.1) is 6.58 Å². The molecule has 1 amide bonds. The lowest BCUT2D eigenvalue weighted by molar-refractivity contribution is 0.109. The van der Waals surface area contributed by atoms with Crippen molar-refractivity contribution in [2.24, 2.45) is 0 Å². The Balaban J connectivity index is 2.19. The van der Waals surface area contributed by atoms with Gasteiger partial charge in [0.15, 0.2) is 0 Å². The minimum Gasteiger partial charge on any atom is -0.444 e. The highest BCUT2D eigenvalue weighted by molar-refractivity contribution is 7.89. The van der Waals surface area contributed by atoms with Crippen LogP contribution in [0, 0.1) is 6.92 Å². The van der Waals surface area contributed by atoms with E-state index in [1.165, 1.54) is 18.2 Å². The molecule has 8 heteroatoms. The van der Waals surface area contributed by atoms with Crippen molar-refractivity contribution in [2.45, 2.75) is 24.5 Å². The van der Waals surface area contributed by atoms with Crippen molar-refractivity contribution in [3.63, 3.8) is 0 Å². The summed E-state index contributed by atoms with van der Waals surface area (Å²) in [5.41, 5.74) is 3.84. The number of hydrogen-bond donors (Lipinski definition) is 2. The molecular formula is C19H22N2O5S. The molecule has 0 aromatic heterocycles. The molecular weight excluding hydrogens is 368 g/mol. The molecule has 0 aliphatic rings. The predicted molar refractivity (Wildman–Crippen MR) is 101 cm³/mol. The fourth-order valence-electron chi connectivity index (χ4n) is 2.23. The third kappa shape index (κ3) is 5.40. The highest BCUT2D eigenvalue weighted by atomic mass is 32.2. The van der Waals surface area contributed by atoms with Gasteiger partial charge in [0.2, 0.25) is 0 Å². The van der Waals surface area contributed by atoms with Crippen LogP contribution >= 0.6 is 0 Å². The Morgan fingerprint density at radius 2 is 1.85 bits per heavy atom. The molecule has 2 aromatic carbocycles. The summed E-state index contributed by atoms with van der Waals surface area (Å²) >= 11 is 0. The smallest absolute Gasteiger partial charge is 0.423 e. The molecule has 0 saturated carbocycles. The molecule has 27 heavy (non-hydrogen) atoms. The number of rotatable bonds is 8. The molecule has 7 nitrogen and oxygen atoms in total. The SMILES string of the molecule is C=C[C@@H](CO)N(NC(=O)OCc1ccccc1)S(=O)(=O)c1ccc(C)cc1. The molecule has 0 aliphatic carbocycles. The van der Waals surface area contributed by atoms with Crippen molar-refractivity contribution in [3.8, 4) is 0 Å². The molecule has 0 spiro atoms. The van der Waals surface area contributed by atoms with Crippen LogP contribution in [0.4, 0.5) is 4.79 Å². The molecule has 1 atom stereocenters. The van der Waals surface area contributed by atoms with E-state index >= 15 is 0 Å². The van der Waals surface area contributed by atoms with E-state index in [1.54, 1.807) is 36.4 Å². The summed E-state index contributed by atoms with van der Waals surface area (Å²) in [5, 5.41) is 9.50. The van der Waals surface area contributed by atoms with Gasteiger partial charge in [0.05, 0.1) is 17.5 Å². The number of carbonyl (C=O) groups is 1. The van der Waals surface area contributed by atoms with Gasteiger partial charge >= 0.3 is 6.09 Å². The van der Waals surface area contributed by atoms with E-state index in [2.05, 4.69) is 12.0 Å². The van der Waals surface area contributed by atoms with Crippen molar-refractivity contribution in [2.75, 3.05) is 6.61 Å². The van der Waals surface area contributed by atoms with Crippen molar-refractivity contribution >= 4 is 16.1 Å². The fraction of sp³-hybridized carbons (Fsp3) is 0.211. The predicted octanol–water partition coefficient (Wildman–Crippen LogP) is 2.37.